The van der Waals surface area contributed by atoms with Crippen molar-refractivity contribution in [2.75, 3.05) is 0 Å². The van der Waals surface area contributed by atoms with Crippen LogP contribution in [0.15, 0.2) is 18.2 Å². The van der Waals surface area contributed by atoms with E-state index in [4.69, 9.17) is 10.8 Å². The van der Waals surface area contributed by atoms with E-state index in [2.05, 4.69) is 6.92 Å². The maximum atomic E-state index is 13.4. The minimum absolute atomic E-state index is 0. The fourth-order valence-electron chi connectivity index (χ4n) is 1.59. The molecule has 16 heavy (non-hydrogen) atoms. The monoisotopic (exact) mass is 247 g/mol. The molecule has 1 rings (SSSR count). The minimum atomic E-state index is -0.418. The number of benzene rings is 1. The summed E-state index contributed by atoms with van der Waals surface area (Å²) < 4.78 is 13.4. The lowest BCUT2D eigenvalue weighted by Gasteiger charge is -2.12. The Morgan fingerprint density at radius 1 is 1.38 bits per heavy atom. The van der Waals surface area contributed by atoms with Crippen molar-refractivity contribution < 1.29 is 9.50 Å². The number of nitrogens with two attached hydrogens (primary N) is 1. The van der Waals surface area contributed by atoms with Gasteiger partial charge >= 0.3 is 0 Å². The SMILES string of the molecule is CCCCC[C@@H](N)c1ccc(O)cc1F.Cl. The Morgan fingerprint density at radius 3 is 2.62 bits per heavy atom. The molecule has 0 spiro atoms. The summed E-state index contributed by atoms with van der Waals surface area (Å²) in [7, 11) is 0. The van der Waals surface area contributed by atoms with Crippen LogP contribution >= 0.6 is 12.4 Å². The first-order chi connectivity index (χ1) is 7.15. The Balaban J connectivity index is 0.00000225. The Hall–Kier alpha value is -0.800. The molecule has 0 unspecified atom stereocenters. The predicted molar refractivity (Wildman–Crippen MR) is 66.4 cm³/mol. The van der Waals surface area contributed by atoms with Crippen LogP contribution in [0.1, 0.15) is 44.2 Å². The molecule has 0 aliphatic carbocycles. The van der Waals surface area contributed by atoms with Gasteiger partial charge in [-0.15, -0.1) is 12.4 Å². The van der Waals surface area contributed by atoms with Crippen LogP contribution in [0.2, 0.25) is 0 Å². The van der Waals surface area contributed by atoms with Gasteiger partial charge in [0.2, 0.25) is 0 Å². The van der Waals surface area contributed by atoms with Gasteiger partial charge in [-0.3, -0.25) is 0 Å². The number of phenolic OH excluding ortho intramolecular Hbond substituents is 1. The lowest BCUT2D eigenvalue weighted by Crippen LogP contribution is -2.11. The topological polar surface area (TPSA) is 46.2 Å². The zero-order chi connectivity index (χ0) is 11.3. The molecule has 0 heterocycles. The number of phenols is 1. The van der Waals surface area contributed by atoms with Gasteiger partial charge in [0, 0.05) is 17.7 Å². The summed E-state index contributed by atoms with van der Waals surface area (Å²) in [6.07, 6.45) is 4.05. The Bertz CT molecular complexity index is 320. The molecule has 0 radical (unpaired) electrons. The van der Waals surface area contributed by atoms with Crippen LogP contribution in [0.4, 0.5) is 4.39 Å². The van der Waals surface area contributed by atoms with Crippen molar-refractivity contribution in [3.63, 3.8) is 0 Å². The van der Waals surface area contributed by atoms with Gasteiger partial charge in [-0.2, -0.15) is 0 Å². The summed E-state index contributed by atoms with van der Waals surface area (Å²) in [5.74, 6) is -0.476. The second kappa shape index (κ2) is 7.47. The van der Waals surface area contributed by atoms with E-state index in [0.717, 1.165) is 31.7 Å². The molecule has 0 aromatic heterocycles. The third kappa shape index (κ3) is 4.37. The quantitative estimate of drug-likeness (QED) is 0.782. The maximum absolute atomic E-state index is 13.4. The molecule has 0 amide bonds. The van der Waals surface area contributed by atoms with Gasteiger partial charge in [0.1, 0.15) is 11.6 Å². The van der Waals surface area contributed by atoms with E-state index in [1.165, 1.54) is 6.07 Å². The smallest absolute Gasteiger partial charge is 0.131 e. The largest absolute Gasteiger partial charge is 0.508 e. The van der Waals surface area contributed by atoms with Crippen molar-refractivity contribution in [3.05, 3.63) is 29.6 Å². The third-order valence-corrected chi connectivity index (χ3v) is 2.50. The highest BCUT2D eigenvalue weighted by atomic mass is 35.5. The molecule has 92 valence electrons. The summed E-state index contributed by atoms with van der Waals surface area (Å²) in [5.41, 5.74) is 6.35. The van der Waals surface area contributed by atoms with Crippen LogP contribution < -0.4 is 5.73 Å². The van der Waals surface area contributed by atoms with Gasteiger partial charge in [-0.25, -0.2) is 4.39 Å². The van der Waals surface area contributed by atoms with Crippen molar-refractivity contribution >= 4 is 12.4 Å². The Kier molecular flexibility index (Phi) is 7.10. The van der Waals surface area contributed by atoms with Gasteiger partial charge in [-0.1, -0.05) is 32.3 Å². The van der Waals surface area contributed by atoms with Gasteiger partial charge < -0.3 is 10.8 Å². The summed E-state index contributed by atoms with van der Waals surface area (Å²) in [6, 6.07) is 3.87. The van der Waals surface area contributed by atoms with Crippen molar-refractivity contribution in [1.82, 2.24) is 0 Å². The normalized spacial score (nSPS) is 11.9. The lowest BCUT2D eigenvalue weighted by molar-refractivity contribution is 0.464. The van der Waals surface area contributed by atoms with Crippen LogP contribution in [-0.2, 0) is 0 Å². The van der Waals surface area contributed by atoms with Crippen LogP contribution in [0.3, 0.4) is 0 Å². The minimum Gasteiger partial charge on any atom is -0.508 e. The molecule has 1 atom stereocenters. The van der Waals surface area contributed by atoms with Crippen molar-refractivity contribution in [2.45, 2.75) is 38.6 Å². The lowest BCUT2D eigenvalue weighted by atomic mass is 10.0. The molecule has 1 aromatic carbocycles. The molecule has 0 saturated heterocycles. The molecular formula is C12H19ClFNO. The highest BCUT2D eigenvalue weighted by molar-refractivity contribution is 5.85. The number of hydrogen-bond acceptors (Lipinski definition) is 2. The number of hydrogen-bond donors (Lipinski definition) is 2. The van der Waals surface area contributed by atoms with Crippen LogP contribution in [0.25, 0.3) is 0 Å². The van der Waals surface area contributed by atoms with E-state index < -0.39 is 5.82 Å². The van der Waals surface area contributed by atoms with E-state index in [1.807, 2.05) is 0 Å². The average Bonchev–Trinajstić information content (AvgIpc) is 2.17. The first-order valence-electron chi connectivity index (χ1n) is 5.39. The maximum Gasteiger partial charge on any atom is 0.131 e. The van der Waals surface area contributed by atoms with Crippen LogP contribution in [0.5, 0.6) is 5.75 Å². The summed E-state index contributed by atoms with van der Waals surface area (Å²) in [4.78, 5) is 0. The Morgan fingerprint density at radius 2 is 2.06 bits per heavy atom. The standard InChI is InChI=1S/C12H18FNO.ClH/c1-2-3-4-5-12(14)10-7-6-9(15)8-11(10)13;/h6-8,12,15H,2-5,14H2,1H3;1H/t12-;/m1./s1. The second-order valence-corrected chi connectivity index (χ2v) is 3.81. The first-order valence-corrected chi connectivity index (χ1v) is 5.39. The Labute approximate surface area is 102 Å². The van der Waals surface area contributed by atoms with Crippen molar-refractivity contribution in [3.8, 4) is 5.75 Å². The fraction of sp³-hybridized carbons (Fsp3) is 0.500. The zero-order valence-electron chi connectivity index (χ0n) is 9.45. The van der Waals surface area contributed by atoms with Crippen LogP contribution in [0, 0.1) is 5.82 Å². The summed E-state index contributed by atoms with van der Waals surface area (Å²) in [5, 5.41) is 9.05. The molecular weight excluding hydrogens is 229 g/mol. The first kappa shape index (κ1) is 15.2. The predicted octanol–water partition coefficient (Wildman–Crippen LogP) is 3.53. The summed E-state index contributed by atoms with van der Waals surface area (Å²) >= 11 is 0. The van der Waals surface area contributed by atoms with Gasteiger partial charge in [0.05, 0.1) is 0 Å². The molecule has 0 aliphatic rings. The molecule has 3 N–H and O–H groups in total. The zero-order valence-corrected chi connectivity index (χ0v) is 10.3. The number of aromatic hydroxyl groups is 1. The average molecular weight is 248 g/mol. The van der Waals surface area contributed by atoms with Gasteiger partial charge in [-0.05, 0) is 12.5 Å². The van der Waals surface area contributed by atoms with Crippen molar-refractivity contribution in [2.24, 2.45) is 5.73 Å². The number of unbranched alkanes of at least 4 members (excludes halogenated alkanes) is 2. The number of halogens is 2. The third-order valence-electron chi connectivity index (χ3n) is 2.50. The molecule has 0 aliphatic heterocycles. The molecule has 4 heteroatoms. The highest BCUT2D eigenvalue weighted by Gasteiger charge is 2.11. The van der Waals surface area contributed by atoms with Gasteiger partial charge in [0.25, 0.3) is 0 Å². The second-order valence-electron chi connectivity index (χ2n) is 3.81. The molecule has 0 saturated carbocycles. The highest BCUT2D eigenvalue weighted by Crippen LogP contribution is 2.23. The van der Waals surface area contributed by atoms with Gasteiger partial charge in [0.15, 0.2) is 0 Å². The van der Waals surface area contributed by atoms with Crippen molar-refractivity contribution in [1.29, 1.82) is 0 Å². The number of rotatable bonds is 5. The molecule has 2 nitrogen and oxygen atoms in total. The van der Waals surface area contributed by atoms with E-state index in [-0.39, 0.29) is 24.2 Å². The van der Waals surface area contributed by atoms with E-state index >= 15 is 0 Å². The van der Waals surface area contributed by atoms with E-state index in [0.29, 0.717) is 5.56 Å². The molecule has 0 bridgehead atoms. The molecule has 1 aromatic rings. The molecule has 0 fully saturated rings. The van der Waals surface area contributed by atoms with Crippen LogP contribution in [-0.4, -0.2) is 5.11 Å². The summed E-state index contributed by atoms with van der Waals surface area (Å²) in [6.45, 7) is 2.12. The van der Waals surface area contributed by atoms with E-state index in [1.54, 1.807) is 6.07 Å². The fourth-order valence-corrected chi connectivity index (χ4v) is 1.59. The van der Waals surface area contributed by atoms with E-state index in [9.17, 15) is 4.39 Å².